The van der Waals surface area contributed by atoms with Crippen LogP contribution in [0.1, 0.15) is 38.0 Å². The quantitative estimate of drug-likeness (QED) is 0.565. The van der Waals surface area contributed by atoms with Gasteiger partial charge in [-0.15, -0.1) is 16.7 Å². The highest BCUT2D eigenvalue weighted by Crippen LogP contribution is 2.18. The van der Waals surface area contributed by atoms with E-state index in [4.69, 9.17) is 20.8 Å². The average Bonchev–Trinajstić information content (AvgIpc) is 2.72. The van der Waals surface area contributed by atoms with Crippen LogP contribution in [0.2, 0.25) is 0 Å². The van der Waals surface area contributed by atoms with Crippen LogP contribution in [0.3, 0.4) is 0 Å². The Morgan fingerprint density at radius 3 is 2.88 bits per heavy atom. The number of alkyl halides is 1. The second kappa shape index (κ2) is 7.46. The fourth-order valence-electron chi connectivity index (χ4n) is 1.08. The van der Waals surface area contributed by atoms with Crippen molar-refractivity contribution in [1.82, 2.24) is 10.2 Å². The smallest absolute Gasteiger partial charge is 0.315 e. The van der Waals surface area contributed by atoms with E-state index in [1.54, 1.807) is 6.92 Å². The lowest BCUT2D eigenvalue weighted by atomic mass is 10.4. The Morgan fingerprint density at radius 1 is 1.44 bits per heavy atom. The minimum absolute atomic E-state index is 0.254. The second-order valence-electron chi connectivity index (χ2n) is 3.45. The zero-order chi connectivity index (χ0) is 11.8. The zero-order valence-corrected chi connectivity index (χ0v) is 10.5. The highest BCUT2D eigenvalue weighted by molar-refractivity contribution is 6.20. The molecule has 92 valence electrons. The molecule has 5 nitrogen and oxygen atoms in total. The number of nitrogens with zero attached hydrogens (tertiary/aromatic N) is 2. The summed E-state index contributed by atoms with van der Waals surface area (Å²) in [4.78, 5) is 0. The summed E-state index contributed by atoms with van der Waals surface area (Å²) in [6.45, 7) is 6.19. The first-order valence-electron chi connectivity index (χ1n) is 5.53. The molecule has 0 radical (unpaired) electrons. The molecule has 0 saturated carbocycles. The van der Waals surface area contributed by atoms with Gasteiger partial charge in [-0.3, -0.25) is 0 Å². The third kappa shape index (κ3) is 4.81. The van der Waals surface area contributed by atoms with Crippen molar-refractivity contribution in [3.63, 3.8) is 0 Å². The van der Waals surface area contributed by atoms with Crippen molar-refractivity contribution in [2.75, 3.05) is 25.1 Å². The summed E-state index contributed by atoms with van der Waals surface area (Å²) in [6.07, 6.45) is 1.96. The van der Waals surface area contributed by atoms with Crippen LogP contribution in [0.25, 0.3) is 0 Å². The van der Waals surface area contributed by atoms with Gasteiger partial charge in [0.15, 0.2) is 0 Å². The SMILES string of the molecule is CCCOCCCNc1nnc(C(C)Cl)o1. The maximum atomic E-state index is 5.79. The molecule has 0 aliphatic heterocycles. The van der Waals surface area contributed by atoms with Gasteiger partial charge in [0, 0.05) is 19.8 Å². The number of rotatable bonds is 8. The van der Waals surface area contributed by atoms with Crippen molar-refractivity contribution < 1.29 is 9.15 Å². The molecule has 0 aliphatic carbocycles. The predicted octanol–water partition coefficient (Wildman–Crippen LogP) is 2.60. The Bertz CT molecular complexity index is 291. The van der Waals surface area contributed by atoms with E-state index in [0.717, 1.165) is 32.6 Å². The van der Waals surface area contributed by atoms with E-state index in [0.29, 0.717) is 11.9 Å². The molecule has 1 rings (SSSR count). The van der Waals surface area contributed by atoms with Crippen LogP contribution >= 0.6 is 11.6 Å². The van der Waals surface area contributed by atoms with Crippen LogP contribution in [-0.4, -0.2) is 30.0 Å². The summed E-state index contributed by atoms with van der Waals surface area (Å²) in [5, 5.41) is 10.4. The Morgan fingerprint density at radius 2 is 2.25 bits per heavy atom. The number of hydrogen-bond donors (Lipinski definition) is 1. The highest BCUT2D eigenvalue weighted by atomic mass is 35.5. The van der Waals surface area contributed by atoms with Crippen LogP contribution in [0.4, 0.5) is 6.01 Å². The van der Waals surface area contributed by atoms with Gasteiger partial charge in [0.1, 0.15) is 5.38 Å². The Kier molecular flexibility index (Phi) is 6.18. The van der Waals surface area contributed by atoms with Crippen LogP contribution in [0.5, 0.6) is 0 Å². The molecule has 1 aromatic rings. The van der Waals surface area contributed by atoms with Gasteiger partial charge >= 0.3 is 6.01 Å². The molecule has 1 unspecified atom stereocenters. The predicted molar refractivity (Wildman–Crippen MR) is 62.8 cm³/mol. The normalized spacial score (nSPS) is 12.7. The van der Waals surface area contributed by atoms with Crippen LogP contribution in [-0.2, 0) is 4.74 Å². The van der Waals surface area contributed by atoms with Gasteiger partial charge in [0.25, 0.3) is 0 Å². The second-order valence-corrected chi connectivity index (χ2v) is 4.11. The van der Waals surface area contributed by atoms with E-state index < -0.39 is 0 Å². The molecule has 16 heavy (non-hydrogen) atoms. The number of nitrogens with one attached hydrogen (secondary N) is 1. The first-order chi connectivity index (χ1) is 7.74. The van der Waals surface area contributed by atoms with Gasteiger partial charge in [-0.2, -0.15) is 0 Å². The summed E-state index contributed by atoms with van der Waals surface area (Å²) in [5.41, 5.74) is 0. The molecule has 0 saturated heterocycles. The van der Waals surface area contributed by atoms with Crippen LogP contribution < -0.4 is 5.32 Å². The van der Waals surface area contributed by atoms with E-state index >= 15 is 0 Å². The van der Waals surface area contributed by atoms with Crippen molar-refractivity contribution >= 4 is 17.6 Å². The van der Waals surface area contributed by atoms with Crippen molar-refractivity contribution in [2.45, 2.75) is 32.1 Å². The Balaban J connectivity index is 2.12. The number of aromatic nitrogens is 2. The summed E-state index contributed by atoms with van der Waals surface area (Å²) < 4.78 is 10.6. The summed E-state index contributed by atoms with van der Waals surface area (Å²) in [6, 6.07) is 0.415. The van der Waals surface area contributed by atoms with E-state index in [9.17, 15) is 0 Å². The van der Waals surface area contributed by atoms with Gasteiger partial charge in [-0.05, 0) is 19.8 Å². The molecule has 0 amide bonds. The van der Waals surface area contributed by atoms with Crippen molar-refractivity contribution in [2.24, 2.45) is 0 Å². The molecule has 1 atom stereocenters. The molecule has 1 heterocycles. The molecule has 0 aliphatic rings. The van der Waals surface area contributed by atoms with Gasteiger partial charge in [-0.1, -0.05) is 12.0 Å². The van der Waals surface area contributed by atoms with Crippen LogP contribution in [0, 0.1) is 0 Å². The molecular formula is C10H18ClN3O2. The monoisotopic (exact) mass is 247 g/mol. The number of ether oxygens (including phenoxy) is 1. The summed E-state index contributed by atoms with van der Waals surface area (Å²) in [7, 11) is 0. The lowest BCUT2D eigenvalue weighted by Crippen LogP contribution is -2.06. The molecule has 0 spiro atoms. The molecule has 0 aromatic carbocycles. The van der Waals surface area contributed by atoms with Gasteiger partial charge in [0.05, 0.1) is 0 Å². The molecule has 0 bridgehead atoms. The lowest BCUT2D eigenvalue weighted by molar-refractivity contribution is 0.134. The molecule has 6 heteroatoms. The first-order valence-corrected chi connectivity index (χ1v) is 5.96. The number of hydrogen-bond acceptors (Lipinski definition) is 5. The Labute approximate surface area is 101 Å². The van der Waals surface area contributed by atoms with Crippen molar-refractivity contribution in [3.05, 3.63) is 5.89 Å². The number of anilines is 1. The maximum absolute atomic E-state index is 5.79. The highest BCUT2D eigenvalue weighted by Gasteiger charge is 2.10. The van der Waals surface area contributed by atoms with E-state index in [1.807, 2.05) is 0 Å². The topological polar surface area (TPSA) is 60.2 Å². The van der Waals surface area contributed by atoms with Crippen molar-refractivity contribution in [3.8, 4) is 0 Å². The minimum Gasteiger partial charge on any atom is -0.407 e. The molecule has 1 N–H and O–H groups in total. The fourth-order valence-corrected chi connectivity index (χ4v) is 1.17. The van der Waals surface area contributed by atoms with Gasteiger partial charge in [0.2, 0.25) is 5.89 Å². The zero-order valence-electron chi connectivity index (χ0n) is 9.70. The summed E-state index contributed by atoms with van der Waals surface area (Å²) in [5.74, 6) is 0.436. The fraction of sp³-hybridized carbons (Fsp3) is 0.800. The standard InChI is InChI=1S/C10H18ClN3O2/c1-3-6-15-7-4-5-12-10-14-13-9(16-10)8(2)11/h8H,3-7H2,1-2H3,(H,12,14). The molecule has 0 fully saturated rings. The Hall–Kier alpha value is -0.810. The third-order valence-corrected chi connectivity index (χ3v) is 2.06. The first kappa shape index (κ1) is 13.3. The van der Waals surface area contributed by atoms with Crippen molar-refractivity contribution in [1.29, 1.82) is 0 Å². The minimum atomic E-state index is -0.254. The van der Waals surface area contributed by atoms with E-state index in [-0.39, 0.29) is 5.38 Å². The molecule has 1 aromatic heterocycles. The van der Waals surface area contributed by atoms with Crippen LogP contribution in [0.15, 0.2) is 4.42 Å². The molecular weight excluding hydrogens is 230 g/mol. The van der Waals surface area contributed by atoms with E-state index in [2.05, 4.69) is 22.4 Å². The average molecular weight is 248 g/mol. The maximum Gasteiger partial charge on any atom is 0.315 e. The van der Waals surface area contributed by atoms with E-state index in [1.165, 1.54) is 0 Å². The van der Waals surface area contributed by atoms with Gasteiger partial charge in [-0.25, -0.2) is 0 Å². The summed E-state index contributed by atoms with van der Waals surface area (Å²) >= 11 is 5.79. The largest absolute Gasteiger partial charge is 0.407 e. The third-order valence-electron chi connectivity index (χ3n) is 1.87. The lowest BCUT2D eigenvalue weighted by Gasteiger charge is -2.02. The number of halogens is 1. The van der Waals surface area contributed by atoms with Gasteiger partial charge < -0.3 is 14.5 Å².